The monoisotopic (exact) mass is 422 g/mol. The molecule has 166 valence electrons. The van der Waals surface area contributed by atoms with Gasteiger partial charge in [0.05, 0.1) is 17.2 Å². The summed E-state index contributed by atoms with van der Waals surface area (Å²) >= 11 is 0. The van der Waals surface area contributed by atoms with E-state index in [2.05, 4.69) is 24.2 Å². The van der Waals surface area contributed by atoms with E-state index in [0.717, 1.165) is 82.8 Å². The molecule has 5 aliphatic carbocycles. The predicted molar refractivity (Wildman–Crippen MR) is 118 cm³/mol. The van der Waals surface area contributed by atoms with Crippen LogP contribution in [0.2, 0.25) is 0 Å². The number of hydrogen-bond donors (Lipinski definition) is 2. The molecule has 3 saturated carbocycles. The van der Waals surface area contributed by atoms with Gasteiger partial charge in [-0.2, -0.15) is 5.26 Å². The standard InChI is InChI=1S/C26H34N2O3/c1-24-12-8-20-19-7-5-18(28-31)16-17(19)4-6-21(20)22(24)9-13-26(24,14-15-27)25(23(29)30)10-2-3-11-25/h16,21-22,31H,2-14H2,1H3,(H,29,30)/t21?,22?,24-,26+/m0/s1. The Morgan fingerprint density at radius 3 is 2.61 bits per heavy atom. The molecular weight excluding hydrogens is 388 g/mol. The van der Waals surface area contributed by atoms with Gasteiger partial charge < -0.3 is 10.3 Å². The van der Waals surface area contributed by atoms with E-state index in [4.69, 9.17) is 0 Å². The molecule has 5 heteroatoms. The summed E-state index contributed by atoms with van der Waals surface area (Å²) in [6.07, 6.45) is 13.7. The van der Waals surface area contributed by atoms with Gasteiger partial charge in [0.25, 0.3) is 0 Å². The van der Waals surface area contributed by atoms with Crippen molar-refractivity contribution in [2.24, 2.45) is 33.2 Å². The van der Waals surface area contributed by atoms with Gasteiger partial charge in [-0.05, 0) is 98.7 Å². The number of aliphatic carboxylic acids is 1. The van der Waals surface area contributed by atoms with E-state index in [1.165, 1.54) is 11.1 Å². The second-order valence-corrected chi connectivity index (χ2v) is 11.0. The second-order valence-electron chi connectivity index (χ2n) is 11.0. The Morgan fingerprint density at radius 2 is 1.94 bits per heavy atom. The molecule has 2 N–H and O–H groups in total. The molecule has 5 aliphatic rings. The lowest BCUT2D eigenvalue weighted by atomic mass is 9.44. The van der Waals surface area contributed by atoms with Gasteiger partial charge in [-0.15, -0.1) is 0 Å². The highest BCUT2D eigenvalue weighted by Crippen LogP contribution is 2.75. The summed E-state index contributed by atoms with van der Waals surface area (Å²) in [5.74, 6) is 0.345. The lowest BCUT2D eigenvalue weighted by molar-refractivity contribution is -0.170. The number of hydrogen-bond acceptors (Lipinski definition) is 4. The van der Waals surface area contributed by atoms with E-state index in [-0.39, 0.29) is 5.41 Å². The van der Waals surface area contributed by atoms with Crippen LogP contribution in [-0.4, -0.2) is 22.0 Å². The third-order valence-corrected chi connectivity index (χ3v) is 10.4. The molecular formula is C26H34N2O3. The van der Waals surface area contributed by atoms with Crippen LogP contribution in [0.5, 0.6) is 0 Å². The number of oxime groups is 1. The Morgan fingerprint density at radius 1 is 1.16 bits per heavy atom. The Bertz CT molecular complexity index is 933. The van der Waals surface area contributed by atoms with Crippen LogP contribution >= 0.6 is 0 Å². The molecule has 0 amide bonds. The van der Waals surface area contributed by atoms with Gasteiger partial charge >= 0.3 is 5.97 Å². The topological polar surface area (TPSA) is 93.7 Å². The fraction of sp³-hybridized carbons (Fsp3) is 0.731. The maximum atomic E-state index is 12.8. The fourth-order valence-corrected chi connectivity index (χ4v) is 9.01. The van der Waals surface area contributed by atoms with Crippen LogP contribution in [0.4, 0.5) is 0 Å². The van der Waals surface area contributed by atoms with Gasteiger partial charge in [-0.3, -0.25) is 4.79 Å². The van der Waals surface area contributed by atoms with Gasteiger partial charge in [0, 0.05) is 11.8 Å². The molecule has 4 atom stereocenters. The number of carboxylic acid groups (broad SMARTS) is 1. The van der Waals surface area contributed by atoms with Crippen molar-refractivity contribution in [1.82, 2.24) is 0 Å². The molecule has 3 fully saturated rings. The van der Waals surface area contributed by atoms with Crippen LogP contribution in [-0.2, 0) is 4.79 Å². The van der Waals surface area contributed by atoms with Crippen molar-refractivity contribution in [1.29, 1.82) is 5.26 Å². The maximum Gasteiger partial charge on any atom is 0.310 e. The highest BCUT2D eigenvalue weighted by molar-refractivity contribution is 5.97. The molecule has 0 radical (unpaired) electrons. The Kier molecular flexibility index (Phi) is 4.84. The van der Waals surface area contributed by atoms with Crippen molar-refractivity contribution in [2.75, 3.05) is 0 Å². The average molecular weight is 423 g/mol. The van der Waals surface area contributed by atoms with Crippen LogP contribution in [0, 0.1) is 39.4 Å². The van der Waals surface area contributed by atoms with Crippen molar-refractivity contribution in [3.05, 3.63) is 22.8 Å². The highest BCUT2D eigenvalue weighted by Gasteiger charge is 2.70. The second kappa shape index (κ2) is 7.22. The minimum Gasteiger partial charge on any atom is -0.481 e. The average Bonchev–Trinajstić information content (AvgIpc) is 3.38. The first-order valence-corrected chi connectivity index (χ1v) is 12.2. The number of allylic oxidation sites excluding steroid dienone is 4. The molecule has 0 aromatic rings. The van der Waals surface area contributed by atoms with Crippen LogP contribution in [0.15, 0.2) is 28.0 Å². The van der Waals surface area contributed by atoms with Gasteiger partial charge in [-0.1, -0.05) is 30.5 Å². The first kappa shape index (κ1) is 20.8. The third-order valence-electron chi connectivity index (χ3n) is 10.4. The van der Waals surface area contributed by atoms with Gasteiger partial charge in [0.1, 0.15) is 0 Å². The number of fused-ring (bicyclic) bond motifs is 4. The van der Waals surface area contributed by atoms with E-state index in [0.29, 0.717) is 18.3 Å². The third kappa shape index (κ3) is 2.60. The lowest BCUT2D eigenvalue weighted by Gasteiger charge is -2.58. The summed E-state index contributed by atoms with van der Waals surface area (Å²) in [5, 5.41) is 33.0. The van der Waals surface area contributed by atoms with E-state index in [1.54, 1.807) is 5.57 Å². The zero-order chi connectivity index (χ0) is 21.9. The van der Waals surface area contributed by atoms with E-state index >= 15 is 0 Å². The van der Waals surface area contributed by atoms with Gasteiger partial charge in [0.15, 0.2) is 0 Å². The van der Waals surface area contributed by atoms with Crippen LogP contribution in [0.1, 0.15) is 90.4 Å². The molecule has 0 aromatic heterocycles. The summed E-state index contributed by atoms with van der Waals surface area (Å²) in [6.45, 7) is 2.36. The smallest absolute Gasteiger partial charge is 0.310 e. The Hall–Kier alpha value is -2.09. The molecule has 0 aliphatic heterocycles. The summed E-state index contributed by atoms with van der Waals surface area (Å²) in [7, 11) is 0. The summed E-state index contributed by atoms with van der Waals surface area (Å²) < 4.78 is 0. The highest BCUT2D eigenvalue weighted by atomic mass is 16.4. The zero-order valence-electron chi connectivity index (χ0n) is 18.6. The van der Waals surface area contributed by atoms with E-state index < -0.39 is 16.8 Å². The molecule has 0 spiro atoms. The van der Waals surface area contributed by atoms with Crippen molar-refractivity contribution in [3.63, 3.8) is 0 Å². The molecule has 5 nitrogen and oxygen atoms in total. The normalized spacial score (nSPS) is 40.0. The quantitative estimate of drug-likeness (QED) is 0.431. The minimum absolute atomic E-state index is 0.0895. The van der Waals surface area contributed by atoms with Gasteiger partial charge in [0.2, 0.25) is 0 Å². The van der Waals surface area contributed by atoms with E-state index in [1.807, 2.05) is 0 Å². The molecule has 0 bridgehead atoms. The van der Waals surface area contributed by atoms with Crippen LogP contribution in [0.3, 0.4) is 0 Å². The fourth-order valence-electron chi connectivity index (χ4n) is 9.01. The minimum atomic E-state index is -0.728. The Labute approximate surface area is 184 Å². The SMILES string of the molecule is C[C@]12CCC3=C4CCC(=NO)C=C4CCC3C1CC[C@]2(CC#N)C1(C(=O)O)CCCC1. The molecule has 0 heterocycles. The molecule has 0 saturated heterocycles. The first-order chi connectivity index (χ1) is 14.9. The Balaban J connectivity index is 1.57. The number of rotatable bonds is 3. The summed E-state index contributed by atoms with van der Waals surface area (Å²) in [6, 6.07) is 2.47. The number of carbonyl (C=O) groups is 1. The summed E-state index contributed by atoms with van der Waals surface area (Å²) in [5.41, 5.74) is 4.02. The van der Waals surface area contributed by atoms with Crippen molar-refractivity contribution in [2.45, 2.75) is 90.4 Å². The van der Waals surface area contributed by atoms with Gasteiger partial charge in [-0.25, -0.2) is 0 Å². The number of carboxylic acids is 1. The zero-order valence-corrected chi connectivity index (χ0v) is 18.6. The lowest BCUT2D eigenvalue weighted by Crippen LogP contribution is -2.56. The number of nitriles is 1. The first-order valence-electron chi connectivity index (χ1n) is 12.2. The predicted octanol–water partition coefficient (Wildman–Crippen LogP) is 6.00. The summed E-state index contributed by atoms with van der Waals surface area (Å²) in [4.78, 5) is 12.8. The molecule has 31 heavy (non-hydrogen) atoms. The number of nitrogens with zero attached hydrogens (tertiary/aromatic N) is 2. The maximum absolute atomic E-state index is 12.8. The largest absolute Gasteiger partial charge is 0.481 e. The van der Waals surface area contributed by atoms with Crippen LogP contribution in [0.25, 0.3) is 0 Å². The van der Waals surface area contributed by atoms with E-state index in [9.17, 15) is 20.4 Å². The molecule has 2 unspecified atom stereocenters. The molecule has 0 aromatic carbocycles. The van der Waals surface area contributed by atoms with Crippen molar-refractivity contribution < 1.29 is 15.1 Å². The van der Waals surface area contributed by atoms with Crippen LogP contribution < -0.4 is 0 Å². The van der Waals surface area contributed by atoms with Crippen molar-refractivity contribution >= 4 is 11.7 Å². The molecule has 5 rings (SSSR count). The van der Waals surface area contributed by atoms with Crippen molar-refractivity contribution in [3.8, 4) is 6.07 Å².